The second-order valence-corrected chi connectivity index (χ2v) is 13.0. The average molecular weight is 517 g/mol. The molecule has 2 aromatic rings. The highest BCUT2D eigenvalue weighted by atomic mass is 16.5. The third-order valence-electron chi connectivity index (χ3n) is 10.5. The lowest BCUT2D eigenvalue weighted by Gasteiger charge is -2.47. The maximum atomic E-state index is 5.99. The van der Waals surface area contributed by atoms with Gasteiger partial charge < -0.3 is 4.74 Å². The predicted molar refractivity (Wildman–Crippen MR) is 165 cm³/mol. The summed E-state index contributed by atoms with van der Waals surface area (Å²) in [5, 5.41) is 0. The van der Waals surface area contributed by atoms with Gasteiger partial charge in [0.05, 0.1) is 6.61 Å². The fourth-order valence-electron chi connectivity index (χ4n) is 8.01. The third kappa shape index (κ3) is 7.05. The molecule has 1 atom stereocenters. The largest absolute Gasteiger partial charge is 0.493 e. The van der Waals surface area contributed by atoms with E-state index in [1.54, 1.807) is 5.56 Å². The Bertz CT molecular complexity index is 990. The van der Waals surface area contributed by atoms with Crippen molar-refractivity contribution in [1.82, 2.24) is 0 Å². The topological polar surface area (TPSA) is 9.23 Å². The van der Waals surface area contributed by atoms with E-state index in [1.807, 2.05) is 0 Å². The third-order valence-corrected chi connectivity index (χ3v) is 10.5. The van der Waals surface area contributed by atoms with Crippen LogP contribution in [0.25, 0.3) is 11.1 Å². The quantitative estimate of drug-likeness (QED) is 0.255. The number of aryl methyl sites for hydroxylation is 2. The zero-order valence-electron chi connectivity index (χ0n) is 25.4. The highest BCUT2D eigenvalue weighted by Gasteiger charge is 2.41. The predicted octanol–water partition coefficient (Wildman–Crippen LogP) is 11.6. The fraction of sp³-hybridized carbons (Fsp3) is 0.676. The minimum absolute atomic E-state index is 0.656. The summed E-state index contributed by atoms with van der Waals surface area (Å²) in [6, 6.07) is 13.9. The van der Waals surface area contributed by atoms with E-state index in [2.05, 4.69) is 71.0 Å². The van der Waals surface area contributed by atoms with Crippen LogP contribution in [0.3, 0.4) is 0 Å². The highest BCUT2D eigenvalue weighted by Crippen LogP contribution is 2.53. The molecule has 2 aliphatic rings. The Morgan fingerprint density at radius 1 is 0.789 bits per heavy atom. The molecule has 0 bridgehead atoms. The molecule has 1 nitrogen and oxygen atoms in total. The summed E-state index contributed by atoms with van der Waals surface area (Å²) in [5.74, 6) is 3.52. The van der Waals surface area contributed by atoms with Gasteiger partial charge in [-0.25, -0.2) is 0 Å². The second kappa shape index (κ2) is 14.0. The number of rotatable bonds is 12. The van der Waals surface area contributed by atoms with Gasteiger partial charge in [0.1, 0.15) is 5.75 Å². The van der Waals surface area contributed by atoms with Crippen LogP contribution in [0.15, 0.2) is 36.4 Å². The van der Waals surface area contributed by atoms with Crippen LogP contribution in [0.2, 0.25) is 0 Å². The maximum Gasteiger partial charge on any atom is 0.122 e. The van der Waals surface area contributed by atoms with E-state index in [-0.39, 0.29) is 0 Å². The maximum absolute atomic E-state index is 5.99. The Balaban J connectivity index is 1.38. The number of hydrogen-bond donors (Lipinski definition) is 0. The minimum atomic E-state index is 0.656. The lowest BCUT2D eigenvalue weighted by atomic mass is 9.58. The van der Waals surface area contributed by atoms with Gasteiger partial charge in [0.15, 0.2) is 0 Å². The number of ether oxygens (including phenoxy) is 1. The summed E-state index contributed by atoms with van der Waals surface area (Å²) in [4.78, 5) is 0. The lowest BCUT2D eigenvalue weighted by Crippen LogP contribution is -2.36. The van der Waals surface area contributed by atoms with Crippen molar-refractivity contribution in [3.8, 4) is 16.9 Å². The molecule has 2 saturated carbocycles. The molecule has 0 amide bonds. The zero-order chi connectivity index (χ0) is 27.0. The molecule has 0 heterocycles. The summed E-state index contributed by atoms with van der Waals surface area (Å²) in [6.07, 6.45) is 21.4. The summed E-state index contributed by atoms with van der Waals surface area (Å²) in [7, 11) is 0. The molecular weight excluding hydrogens is 460 g/mol. The summed E-state index contributed by atoms with van der Waals surface area (Å²) in [5.41, 5.74) is 7.58. The van der Waals surface area contributed by atoms with E-state index in [9.17, 15) is 0 Å². The van der Waals surface area contributed by atoms with E-state index >= 15 is 0 Å². The Morgan fingerprint density at radius 3 is 2.08 bits per heavy atom. The van der Waals surface area contributed by atoms with Gasteiger partial charge >= 0.3 is 0 Å². The van der Waals surface area contributed by atoms with E-state index < -0.39 is 0 Å². The second-order valence-electron chi connectivity index (χ2n) is 13.0. The van der Waals surface area contributed by atoms with Crippen LogP contribution in [-0.4, -0.2) is 6.61 Å². The first-order valence-corrected chi connectivity index (χ1v) is 16.3. The Labute approximate surface area is 235 Å². The molecule has 0 aromatic heterocycles. The van der Waals surface area contributed by atoms with Crippen LogP contribution in [0.4, 0.5) is 0 Å². The molecule has 2 fully saturated rings. The van der Waals surface area contributed by atoms with E-state index in [1.165, 1.54) is 112 Å². The fourth-order valence-corrected chi connectivity index (χ4v) is 8.01. The van der Waals surface area contributed by atoms with Gasteiger partial charge in [0, 0.05) is 0 Å². The molecule has 1 unspecified atom stereocenters. The summed E-state index contributed by atoms with van der Waals surface area (Å²) < 4.78 is 5.99. The number of benzene rings is 2. The molecule has 210 valence electrons. The molecular formula is C37H56O. The molecule has 2 aliphatic carbocycles. The SMILES string of the molecule is CCCCCC1([C@H]2CC[C@H](C(C)c3ccc(-c4ccc(OCCCC)c(C)c4)cc3C)CC2)CCCCC1. The first-order chi connectivity index (χ1) is 18.5. The van der Waals surface area contributed by atoms with Crippen molar-refractivity contribution in [1.29, 1.82) is 0 Å². The first-order valence-electron chi connectivity index (χ1n) is 16.3. The van der Waals surface area contributed by atoms with E-state index in [0.29, 0.717) is 11.3 Å². The van der Waals surface area contributed by atoms with Gasteiger partial charge in [-0.1, -0.05) is 90.0 Å². The summed E-state index contributed by atoms with van der Waals surface area (Å²) in [6.45, 7) is 12.4. The van der Waals surface area contributed by atoms with Crippen molar-refractivity contribution in [2.24, 2.45) is 17.3 Å². The Kier molecular flexibility index (Phi) is 10.8. The van der Waals surface area contributed by atoms with Gasteiger partial charge in [-0.2, -0.15) is 0 Å². The van der Waals surface area contributed by atoms with Gasteiger partial charge in [-0.05, 0) is 128 Å². The molecule has 1 heteroatoms. The molecule has 0 aliphatic heterocycles. The standard InChI is InChI=1S/C37H56O/c1-6-8-11-22-37(23-12-10-13-24-37)34-18-14-31(15-19-34)30(5)35-20-16-32(26-28(35)3)33-17-21-36(29(4)27-33)38-25-9-7-2/h16-17,20-21,26-27,30-31,34H,6-15,18-19,22-25H2,1-5H3/t30?,31-,34-. The normalized spacial score (nSPS) is 22.2. The summed E-state index contributed by atoms with van der Waals surface area (Å²) >= 11 is 0. The van der Waals surface area contributed by atoms with Crippen molar-refractivity contribution in [3.63, 3.8) is 0 Å². The van der Waals surface area contributed by atoms with Crippen LogP contribution in [0.1, 0.15) is 140 Å². The van der Waals surface area contributed by atoms with Crippen molar-refractivity contribution >= 4 is 0 Å². The number of unbranched alkanes of at least 4 members (excludes halogenated alkanes) is 3. The van der Waals surface area contributed by atoms with Crippen LogP contribution in [0, 0.1) is 31.1 Å². The van der Waals surface area contributed by atoms with Crippen LogP contribution in [0.5, 0.6) is 5.75 Å². The van der Waals surface area contributed by atoms with Crippen LogP contribution < -0.4 is 4.74 Å². The zero-order valence-corrected chi connectivity index (χ0v) is 25.4. The molecule has 4 rings (SSSR count). The van der Waals surface area contributed by atoms with Crippen LogP contribution in [-0.2, 0) is 0 Å². The molecule has 2 aromatic carbocycles. The highest BCUT2D eigenvalue weighted by molar-refractivity contribution is 5.67. The van der Waals surface area contributed by atoms with Crippen LogP contribution >= 0.6 is 0 Å². The molecule has 38 heavy (non-hydrogen) atoms. The number of hydrogen-bond acceptors (Lipinski definition) is 1. The molecule has 0 radical (unpaired) electrons. The molecule has 0 saturated heterocycles. The van der Waals surface area contributed by atoms with E-state index in [4.69, 9.17) is 4.74 Å². The van der Waals surface area contributed by atoms with Gasteiger partial charge in [0.25, 0.3) is 0 Å². The first kappa shape index (κ1) is 29.2. The Hall–Kier alpha value is -1.76. The molecule has 0 spiro atoms. The lowest BCUT2D eigenvalue weighted by molar-refractivity contribution is 0.0409. The van der Waals surface area contributed by atoms with Gasteiger partial charge in [0.2, 0.25) is 0 Å². The smallest absolute Gasteiger partial charge is 0.122 e. The Morgan fingerprint density at radius 2 is 1.45 bits per heavy atom. The van der Waals surface area contributed by atoms with Crippen molar-refractivity contribution < 1.29 is 4.74 Å². The average Bonchev–Trinajstić information content (AvgIpc) is 2.94. The van der Waals surface area contributed by atoms with Crippen molar-refractivity contribution in [3.05, 3.63) is 53.1 Å². The van der Waals surface area contributed by atoms with Crippen molar-refractivity contribution in [2.75, 3.05) is 6.61 Å². The molecule has 0 N–H and O–H groups in total. The van der Waals surface area contributed by atoms with Gasteiger partial charge in [-0.3, -0.25) is 0 Å². The minimum Gasteiger partial charge on any atom is -0.493 e. The van der Waals surface area contributed by atoms with Crippen molar-refractivity contribution in [2.45, 2.75) is 137 Å². The monoisotopic (exact) mass is 516 g/mol. The van der Waals surface area contributed by atoms with E-state index in [0.717, 1.165) is 30.6 Å². The van der Waals surface area contributed by atoms with Gasteiger partial charge in [-0.15, -0.1) is 0 Å².